The van der Waals surface area contributed by atoms with Crippen molar-refractivity contribution < 1.29 is 18.8 Å². The SMILES string of the molecule is O=C(c1ccco1)N1C(=O)[C@@H]2[C@H]3C=C[C@@H]([C@@H]4C[C@H]34)[C@H]2C1=O. The number of hydrogen-bond acceptors (Lipinski definition) is 4. The minimum atomic E-state index is -0.627. The lowest BCUT2D eigenvalue weighted by Crippen LogP contribution is -2.40. The van der Waals surface area contributed by atoms with Gasteiger partial charge in [-0.05, 0) is 42.2 Å². The van der Waals surface area contributed by atoms with E-state index in [2.05, 4.69) is 12.2 Å². The summed E-state index contributed by atoms with van der Waals surface area (Å²) in [6.45, 7) is 0. The molecule has 5 aliphatic rings. The van der Waals surface area contributed by atoms with Crippen molar-refractivity contribution in [2.75, 3.05) is 0 Å². The number of imide groups is 3. The second-order valence-corrected chi connectivity index (χ2v) is 6.45. The summed E-state index contributed by atoms with van der Waals surface area (Å²) in [6.07, 6.45) is 6.66. The molecular formula is C16H13NO4. The van der Waals surface area contributed by atoms with E-state index in [1.807, 2.05) is 0 Å². The fourth-order valence-corrected chi connectivity index (χ4v) is 4.67. The monoisotopic (exact) mass is 283 g/mol. The van der Waals surface area contributed by atoms with Crippen LogP contribution in [-0.2, 0) is 9.59 Å². The summed E-state index contributed by atoms with van der Waals surface area (Å²) in [5.74, 6) is -0.587. The van der Waals surface area contributed by atoms with Crippen LogP contribution in [0.3, 0.4) is 0 Å². The first-order valence-electron chi connectivity index (χ1n) is 7.32. The van der Waals surface area contributed by atoms with Crippen LogP contribution in [0.2, 0.25) is 0 Å². The van der Waals surface area contributed by atoms with E-state index in [0.29, 0.717) is 11.8 Å². The van der Waals surface area contributed by atoms with Crippen molar-refractivity contribution in [1.29, 1.82) is 0 Å². The molecule has 6 rings (SSSR count). The van der Waals surface area contributed by atoms with Crippen LogP contribution in [-0.4, -0.2) is 22.6 Å². The Morgan fingerprint density at radius 1 is 1.10 bits per heavy atom. The molecule has 3 fully saturated rings. The highest BCUT2D eigenvalue weighted by molar-refractivity contribution is 6.21. The Hall–Kier alpha value is -2.17. The predicted molar refractivity (Wildman–Crippen MR) is 69.6 cm³/mol. The summed E-state index contributed by atoms with van der Waals surface area (Å²) in [4.78, 5) is 38.5. The average Bonchev–Trinajstić information content (AvgIpc) is 3.06. The summed E-state index contributed by atoms with van der Waals surface area (Å²) in [5, 5.41) is 0. The third-order valence-electron chi connectivity index (χ3n) is 5.60. The van der Waals surface area contributed by atoms with E-state index >= 15 is 0 Å². The summed E-state index contributed by atoms with van der Waals surface area (Å²) < 4.78 is 5.05. The van der Waals surface area contributed by atoms with Crippen LogP contribution in [0.5, 0.6) is 0 Å². The maximum atomic E-state index is 12.6. The molecule has 106 valence electrons. The van der Waals surface area contributed by atoms with Crippen molar-refractivity contribution in [2.45, 2.75) is 6.42 Å². The molecule has 1 aliphatic heterocycles. The van der Waals surface area contributed by atoms with Gasteiger partial charge in [0.15, 0.2) is 5.76 Å². The van der Waals surface area contributed by atoms with Crippen molar-refractivity contribution in [2.24, 2.45) is 35.5 Å². The zero-order chi connectivity index (χ0) is 14.3. The van der Waals surface area contributed by atoms with Gasteiger partial charge >= 0.3 is 5.91 Å². The molecule has 0 spiro atoms. The molecule has 4 aliphatic carbocycles. The number of rotatable bonds is 1. The number of likely N-dealkylation sites (tertiary alicyclic amines) is 1. The Balaban J connectivity index is 1.56. The number of amides is 3. The highest BCUT2D eigenvalue weighted by Gasteiger charge is 2.67. The van der Waals surface area contributed by atoms with E-state index in [9.17, 15) is 14.4 Å². The topological polar surface area (TPSA) is 67.6 Å². The molecule has 2 heterocycles. The standard InChI is InChI=1S/C16H13NO4/c18-14(11-2-1-5-21-11)17-15(19)12-7-3-4-8(10-6-9(7)10)13(12)16(17)20/h1-5,7-10,12-13H,6H2/t7-,8-,9-,10+,12+,13+/m0/s1. The number of hydrogen-bond donors (Lipinski definition) is 0. The summed E-state index contributed by atoms with van der Waals surface area (Å²) >= 11 is 0. The molecule has 0 N–H and O–H groups in total. The van der Waals surface area contributed by atoms with Crippen LogP contribution in [0, 0.1) is 35.5 Å². The van der Waals surface area contributed by atoms with Crippen LogP contribution in [0.15, 0.2) is 35.0 Å². The summed E-state index contributed by atoms with van der Waals surface area (Å²) in [6, 6.07) is 3.06. The lowest BCUT2D eigenvalue weighted by molar-refractivity contribution is -0.136. The second kappa shape index (κ2) is 3.53. The maximum Gasteiger partial charge on any atom is 0.303 e. The minimum absolute atomic E-state index is 0.0424. The quantitative estimate of drug-likeness (QED) is 0.578. The van der Waals surface area contributed by atoms with Crippen molar-refractivity contribution in [3.63, 3.8) is 0 Å². The highest BCUT2D eigenvalue weighted by Crippen LogP contribution is 2.65. The number of carbonyl (C=O) groups excluding carboxylic acids is 3. The van der Waals surface area contributed by atoms with Crippen LogP contribution in [0.4, 0.5) is 0 Å². The summed E-state index contributed by atoms with van der Waals surface area (Å²) in [7, 11) is 0. The van der Waals surface area contributed by atoms with Crippen molar-refractivity contribution >= 4 is 17.7 Å². The van der Waals surface area contributed by atoms with Crippen LogP contribution in [0.25, 0.3) is 0 Å². The van der Waals surface area contributed by atoms with Gasteiger partial charge in [0.05, 0.1) is 18.1 Å². The number of carbonyl (C=O) groups is 3. The molecule has 3 amide bonds. The zero-order valence-corrected chi connectivity index (χ0v) is 11.1. The molecule has 1 aromatic heterocycles. The molecule has 21 heavy (non-hydrogen) atoms. The van der Waals surface area contributed by atoms with Gasteiger partial charge < -0.3 is 4.42 Å². The molecule has 0 aromatic carbocycles. The van der Waals surface area contributed by atoms with Gasteiger partial charge in [0.1, 0.15) is 0 Å². The molecule has 2 saturated carbocycles. The van der Waals surface area contributed by atoms with Crippen molar-refractivity contribution in [3.8, 4) is 0 Å². The smallest absolute Gasteiger partial charge is 0.303 e. The van der Waals surface area contributed by atoms with E-state index in [1.54, 1.807) is 6.07 Å². The number of furan rings is 1. The Bertz CT molecular complexity index is 668. The van der Waals surface area contributed by atoms with Crippen LogP contribution >= 0.6 is 0 Å². The third-order valence-corrected chi connectivity index (χ3v) is 5.60. The molecule has 5 heteroatoms. The van der Waals surface area contributed by atoms with E-state index in [4.69, 9.17) is 4.42 Å². The minimum Gasteiger partial charge on any atom is -0.459 e. The Morgan fingerprint density at radius 3 is 2.24 bits per heavy atom. The zero-order valence-electron chi connectivity index (χ0n) is 11.1. The lowest BCUT2D eigenvalue weighted by Gasteiger charge is -2.37. The first-order valence-corrected chi connectivity index (χ1v) is 7.32. The molecule has 5 nitrogen and oxygen atoms in total. The predicted octanol–water partition coefficient (Wildman–Crippen LogP) is 1.47. The van der Waals surface area contributed by atoms with Gasteiger partial charge in [-0.25, -0.2) is 4.90 Å². The number of allylic oxidation sites excluding steroid dienone is 2. The van der Waals surface area contributed by atoms with Crippen molar-refractivity contribution in [1.82, 2.24) is 4.90 Å². The molecule has 2 bridgehead atoms. The highest BCUT2D eigenvalue weighted by atomic mass is 16.3. The van der Waals surface area contributed by atoms with Crippen molar-refractivity contribution in [3.05, 3.63) is 36.3 Å². The van der Waals surface area contributed by atoms with Gasteiger partial charge in [0.2, 0.25) is 11.8 Å². The van der Waals surface area contributed by atoms with Crippen LogP contribution < -0.4 is 0 Å². The normalized spacial score (nSPS) is 42.2. The van der Waals surface area contributed by atoms with Gasteiger partial charge in [0, 0.05) is 0 Å². The van der Waals surface area contributed by atoms with Gasteiger partial charge in [-0.15, -0.1) is 0 Å². The van der Waals surface area contributed by atoms with Crippen LogP contribution in [0.1, 0.15) is 17.0 Å². The van der Waals surface area contributed by atoms with E-state index in [1.165, 1.54) is 12.3 Å². The Kier molecular flexibility index (Phi) is 1.93. The molecule has 0 radical (unpaired) electrons. The van der Waals surface area contributed by atoms with Gasteiger partial charge in [0.25, 0.3) is 0 Å². The summed E-state index contributed by atoms with van der Waals surface area (Å²) in [5.41, 5.74) is 0. The Labute approximate surface area is 120 Å². The van der Waals surface area contributed by atoms with E-state index < -0.39 is 5.91 Å². The molecule has 1 saturated heterocycles. The van der Waals surface area contributed by atoms with Gasteiger partial charge in [-0.2, -0.15) is 0 Å². The molecule has 0 unspecified atom stereocenters. The van der Waals surface area contributed by atoms with Gasteiger partial charge in [-0.1, -0.05) is 12.2 Å². The fraction of sp³-hybridized carbons (Fsp3) is 0.438. The molecular weight excluding hydrogens is 270 g/mol. The fourth-order valence-electron chi connectivity index (χ4n) is 4.67. The molecule has 6 atom stereocenters. The van der Waals surface area contributed by atoms with E-state index in [-0.39, 0.29) is 41.2 Å². The maximum absolute atomic E-state index is 12.6. The lowest BCUT2D eigenvalue weighted by atomic mass is 9.63. The van der Waals surface area contributed by atoms with Gasteiger partial charge in [-0.3, -0.25) is 14.4 Å². The largest absolute Gasteiger partial charge is 0.459 e. The second-order valence-electron chi connectivity index (χ2n) is 6.45. The molecule has 1 aromatic rings. The third kappa shape index (κ3) is 1.25. The Morgan fingerprint density at radius 2 is 1.71 bits per heavy atom. The first kappa shape index (κ1) is 11.5. The average molecular weight is 283 g/mol. The van der Waals surface area contributed by atoms with E-state index in [0.717, 1.165) is 11.3 Å². The number of nitrogens with zero attached hydrogens (tertiary/aromatic N) is 1. The first-order chi connectivity index (χ1) is 10.2.